The fourth-order valence-corrected chi connectivity index (χ4v) is 3.47. The second kappa shape index (κ2) is 8.74. The van der Waals surface area contributed by atoms with Gasteiger partial charge in [0, 0.05) is 25.1 Å². The molecule has 1 heterocycles. The maximum absolute atomic E-state index is 13.4. The summed E-state index contributed by atoms with van der Waals surface area (Å²) in [5.41, 5.74) is -1.34. The van der Waals surface area contributed by atoms with Gasteiger partial charge in [-0.1, -0.05) is 6.07 Å². The predicted octanol–water partition coefficient (Wildman–Crippen LogP) is 2.55. The molecule has 0 atom stereocenters. The number of halogens is 1. The SMILES string of the molecule is CCOC(C)(C)c1nc(C(=O)NCc2ccc(F)cc2SC)c(O)c(=O)n1C. The first-order valence-corrected chi connectivity index (χ1v) is 9.89. The van der Waals surface area contributed by atoms with Gasteiger partial charge in [-0.3, -0.25) is 14.2 Å². The molecular formula is C19H24FN3O4S. The summed E-state index contributed by atoms with van der Waals surface area (Å²) in [6.45, 7) is 5.73. The topological polar surface area (TPSA) is 93.5 Å². The van der Waals surface area contributed by atoms with Crippen molar-refractivity contribution >= 4 is 17.7 Å². The predicted molar refractivity (Wildman–Crippen MR) is 105 cm³/mol. The number of amides is 1. The quantitative estimate of drug-likeness (QED) is 0.683. The minimum absolute atomic E-state index is 0.0931. The molecule has 0 aliphatic carbocycles. The Morgan fingerprint density at radius 2 is 2.11 bits per heavy atom. The van der Waals surface area contributed by atoms with Gasteiger partial charge in [-0.25, -0.2) is 9.37 Å². The first-order chi connectivity index (χ1) is 13.1. The molecule has 0 aliphatic heterocycles. The maximum Gasteiger partial charge on any atom is 0.296 e. The number of hydrogen-bond acceptors (Lipinski definition) is 6. The number of hydrogen-bond donors (Lipinski definition) is 2. The normalized spacial score (nSPS) is 11.5. The molecule has 2 N–H and O–H groups in total. The maximum atomic E-state index is 13.4. The highest BCUT2D eigenvalue weighted by Gasteiger charge is 2.30. The molecular weight excluding hydrogens is 385 g/mol. The van der Waals surface area contributed by atoms with E-state index in [9.17, 15) is 19.1 Å². The van der Waals surface area contributed by atoms with Crippen molar-refractivity contribution < 1.29 is 19.0 Å². The molecule has 2 aromatic rings. The van der Waals surface area contributed by atoms with E-state index in [0.29, 0.717) is 17.1 Å². The highest BCUT2D eigenvalue weighted by molar-refractivity contribution is 7.98. The summed E-state index contributed by atoms with van der Waals surface area (Å²) in [5.74, 6) is -1.60. The Balaban J connectivity index is 2.35. The molecule has 7 nitrogen and oxygen atoms in total. The molecule has 2 rings (SSSR count). The van der Waals surface area contributed by atoms with Crippen molar-refractivity contribution in [3.8, 4) is 5.75 Å². The van der Waals surface area contributed by atoms with Crippen LogP contribution in [0.15, 0.2) is 27.9 Å². The van der Waals surface area contributed by atoms with Gasteiger partial charge in [0.1, 0.15) is 17.2 Å². The van der Waals surface area contributed by atoms with E-state index in [4.69, 9.17) is 4.74 Å². The highest BCUT2D eigenvalue weighted by Crippen LogP contribution is 2.24. The fourth-order valence-electron chi connectivity index (χ4n) is 2.84. The first-order valence-electron chi connectivity index (χ1n) is 8.67. The Bertz CT molecular complexity index is 944. The van der Waals surface area contributed by atoms with E-state index in [1.165, 1.54) is 30.9 Å². The lowest BCUT2D eigenvalue weighted by Gasteiger charge is -2.26. The van der Waals surface area contributed by atoms with Crippen molar-refractivity contribution in [3.05, 3.63) is 51.5 Å². The molecule has 0 fully saturated rings. The molecule has 0 aliphatic rings. The van der Waals surface area contributed by atoms with Crippen LogP contribution in [-0.2, 0) is 23.9 Å². The lowest BCUT2D eigenvalue weighted by molar-refractivity contribution is -0.0239. The second-order valence-electron chi connectivity index (χ2n) is 6.58. The van der Waals surface area contributed by atoms with E-state index < -0.39 is 22.8 Å². The average Bonchev–Trinajstić information content (AvgIpc) is 2.64. The van der Waals surface area contributed by atoms with Crippen LogP contribution in [0.1, 0.15) is 42.6 Å². The number of aromatic hydroxyl groups is 1. The third-order valence-corrected chi connectivity index (χ3v) is 5.03. The van der Waals surface area contributed by atoms with Crippen molar-refractivity contribution in [1.82, 2.24) is 14.9 Å². The zero-order chi connectivity index (χ0) is 21.1. The molecule has 0 unspecified atom stereocenters. The van der Waals surface area contributed by atoms with Crippen LogP contribution in [0.2, 0.25) is 0 Å². The summed E-state index contributed by atoms with van der Waals surface area (Å²) in [5, 5.41) is 12.8. The van der Waals surface area contributed by atoms with Crippen LogP contribution < -0.4 is 10.9 Å². The minimum atomic E-state index is -0.936. The second-order valence-corrected chi connectivity index (χ2v) is 7.43. The van der Waals surface area contributed by atoms with E-state index in [1.807, 2.05) is 0 Å². The Morgan fingerprint density at radius 1 is 1.43 bits per heavy atom. The van der Waals surface area contributed by atoms with Crippen molar-refractivity contribution in [1.29, 1.82) is 0 Å². The van der Waals surface area contributed by atoms with Gasteiger partial charge in [0.15, 0.2) is 5.69 Å². The van der Waals surface area contributed by atoms with Crippen LogP contribution in [0, 0.1) is 5.82 Å². The zero-order valence-electron chi connectivity index (χ0n) is 16.5. The number of carbonyl (C=O) groups is 1. The summed E-state index contributed by atoms with van der Waals surface area (Å²) in [4.78, 5) is 29.9. The average molecular weight is 409 g/mol. The smallest absolute Gasteiger partial charge is 0.296 e. The highest BCUT2D eigenvalue weighted by atomic mass is 32.2. The number of nitrogens with one attached hydrogen (secondary N) is 1. The van der Waals surface area contributed by atoms with Gasteiger partial charge in [-0.2, -0.15) is 0 Å². The van der Waals surface area contributed by atoms with E-state index in [-0.39, 0.29) is 23.9 Å². The Labute approximate surface area is 166 Å². The molecule has 1 amide bonds. The molecule has 0 spiro atoms. The Hall–Kier alpha value is -2.39. The van der Waals surface area contributed by atoms with Gasteiger partial charge in [0.25, 0.3) is 11.5 Å². The summed E-state index contributed by atoms with van der Waals surface area (Å²) in [7, 11) is 1.45. The van der Waals surface area contributed by atoms with E-state index >= 15 is 0 Å². The van der Waals surface area contributed by atoms with Crippen molar-refractivity contribution in [2.45, 2.75) is 37.8 Å². The van der Waals surface area contributed by atoms with E-state index in [0.717, 1.165) is 4.57 Å². The van der Waals surface area contributed by atoms with Crippen LogP contribution in [0.4, 0.5) is 4.39 Å². The molecule has 0 radical (unpaired) electrons. The zero-order valence-corrected chi connectivity index (χ0v) is 17.3. The van der Waals surface area contributed by atoms with Crippen LogP contribution in [0.5, 0.6) is 5.75 Å². The summed E-state index contributed by atoms with van der Waals surface area (Å²) in [6.07, 6.45) is 1.80. The third kappa shape index (κ3) is 4.53. The van der Waals surface area contributed by atoms with Gasteiger partial charge in [-0.15, -0.1) is 11.8 Å². The van der Waals surface area contributed by atoms with E-state index in [2.05, 4.69) is 10.3 Å². The number of aromatic nitrogens is 2. The fraction of sp³-hybridized carbons (Fsp3) is 0.421. The Morgan fingerprint density at radius 3 is 2.71 bits per heavy atom. The van der Waals surface area contributed by atoms with Gasteiger partial charge in [-0.05, 0) is 44.7 Å². The van der Waals surface area contributed by atoms with Gasteiger partial charge in [0.05, 0.1) is 0 Å². The molecule has 0 saturated heterocycles. The molecule has 0 saturated carbocycles. The van der Waals surface area contributed by atoms with E-state index in [1.54, 1.807) is 33.1 Å². The van der Waals surface area contributed by atoms with Gasteiger partial charge >= 0.3 is 0 Å². The van der Waals surface area contributed by atoms with Crippen LogP contribution >= 0.6 is 11.8 Å². The van der Waals surface area contributed by atoms with Gasteiger partial charge in [0.2, 0.25) is 5.75 Å². The molecule has 1 aromatic carbocycles. The van der Waals surface area contributed by atoms with Crippen molar-refractivity contribution in [2.24, 2.45) is 7.05 Å². The van der Waals surface area contributed by atoms with Crippen LogP contribution in [0.25, 0.3) is 0 Å². The summed E-state index contributed by atoms with van der Waals surface area (Å²) >= 11 is 1.35. The minimum Gasteiger partial charge on any atom is -0.501 e. The van der Waals surface area contributed by atoms with Crippen molar-refractivity contribution in [2.75, 3.05) is 12.9 Å². The lowest BCUT2D eigenvalue weighted by Crippen LogP contribution is -2.36. The summed E-state index contributed by atoms with van der Waals surface area (Å²) in [6, 6.07) is 4.25. The number of benzene rings is 1. The van der Waals surface area contributed by atoms with Crippen molar-refractivity contribution in [3.63, 3.8) is 0 Å². The first kappa shape index (κ1) is 21.9. The Kier molecular flexibility index (Phi) is 6.84. The number of carbonyl (C=O) groups excluding carboxylic acids is 1. The molecule has 28 heavy (non-hydrogen) atoms. The third-order valence-electron chi connectivity index (χ3n) is 4.21. The monoisotopic (exact) mass is 409 g/mol. The summed E-state index contributed by atoms with van der Waals surface area (Å²) < 4.78 is 20.1. The molecule has 1 aromatic heterocycles. The lowest BCUT2D eigenvalue weighted by atomic mass is 10.1. The number of thioether (sulfide) groups is 1. The van der Waals surface area contributed by atoms with Crippen LogP contribution in [0.3, 0.4) is 0 Å². The standard InChI is InChI=1S/C19H24FN3O4S/c1-6-27-19(2,3)18-22-14(15(24)17(26)23(18)4)16(25)21-10-11-7-8-12(20)9-13(11)28-5/h7-9,24H,6,10H2,1-5H3,(H,21,25). The van der Waals surface area contributed by atoms with Crippen LogP contribution in [-0.4, -0.2) is 33.4 Å². The molecule has 152 valence electrons. The van der Waals surface area contributed by atoms with Gasteiger partial charge < -0.3 is 15.2 Å². The number of nitrogens with zero attached hydrogens (tertiary/aromatic N) is 2. The molecule has 0 bridgehead atoms. The number of rotatable bonds is 7. The largest absolute Gasteiger partial charge is 0.501 e. The molecule has 9 heteroatoms. The number of ether oxygens (including phenoxy) is 1.